The average Bonchev–Trinajstić information content (AvgIpc) is 2.78. The number of anilines is 1. The Hall–Kier alpha value is -1.36. The van der Waals surface area contributed by atoms with Crippen LogP contribution in [-0.2, 0) is 6.42 Å². The number of rotatable bonds is 4. The zero-order valence-electron chi connectivity index (χ0n) is 13.0. The number of nitrogens with zero attached hydrogens (tertiary/aromatic N) is 4. The maximum Gasteiger partial charge on any atom is 0.151 e. The lowest BCUT2D eigenvalue weighted by Gasteiger charge is -2.22. The third kappa shape index (κ3) is 4.80. The normalized spacial score (nSPS) is 16.3. The topological polar surface area (TPSA) is 32.3 Å². The van der Waals surface area contributed by atoms with E-state index in [2.05, 4.69) is 20.0 Å². The van der Waals surface area contributed by atoms with E-state index >= 15 is 0 Å². The standard InChI is InChI=1S/C17H20Cl2N4/c18-15-11-14(12-16(19)13-15)4-8-22-6-2-7-23(10-9-22)17-3-1-5-20-21-17/h1,3,5,11-13H,2,4,6-10H2. The predicted octanol–water partition coefficient (Wildman–Crippen LogP) is 3.54. The average molecular weight is 351 g/mol. The minimum absolute atomic E-state index is 0.706. The Morgan fingerprint density at radius 3 is 2.57 bits per heavy atom. The van der Waals surface area contributed by atoms with E-state index in [1.807, 2.05) is 24.3 Å². The van der Waals surface area contributed by atoms with Gasteiger partial charge >= 0.3 is 0 Å². The summed E-state index contributed by atoms with van der Waals surface area (Å²) in [5, 5.41) is 9.59. The quantitative estimate of drug-likeness (QED) is 0.844. The molecule has 1 aliphatic heterocycles. The molecule has 0 spiro atoms. The summed E-state index contributed by atoms with van der Waals surface area (Å²) < 4.78 is 0. The van der Waals surface area contributed by atoms with Crippen LogP contribution in [0.25, 0.3) is 0 Å². The number of aromatic nitrogens is 2. The van der Waals surface area contributed by atoms with Gasteiger partial charge in [0.25, 0.3) is 0 Å². The van der Waals surface area contributed by atoms with Gasteiger partial charge in [-0.15, -0.1) is 5.10 Å². The molecule has 0 saturated carbocycles. The lowest BCUT2D eigenvalue weighted by atomic mass is 10.1. The summed E-state index contributed by atoms with van der Waals surface area (Å²) in [6.45, 7) is 5.16. The maximum absolute atomic E-state index is 6.07. The van der Waals surface area contributed by atoms with Crippen LogP contribution >= 0.6 is 23.2 Å². The molecule has 0 aliphatic carbocycles. The molecule has 0 N–H and O–H groups in total. The minimum atomic E-state index is 0.706. The van der Waals surface area contributed by atoms with Gasteiger partial charge in [-0.2, -0.15) is 5.10 Å². The monoisotopic (exact) mass is 350 g/mol. The molecule has 2 heterocycles. The highest BCUT2D eigenvalue weighted by molar-refractivity contribution is 6.34. The third-order valence-corrected chi connectivity index (χ3v) is 4.55. The molecule has 4 nitrogen and oxygen atoms in total. The fourth-order valence-corrected chi connectivity index (χ4v) is 3.50. The molecule has 1 aromatic carbocycles. The van der Waals surface area contributed by atoms with E-state index in [0.29, 0.717) is 10.0 Å². The first-order valence-electron chi connectivity index (χ1n) is 7.91. The van der Waals surface area contributed by atoms with Gasteiger partial charge in [0.1, 0.15) is 0 Å². The number of hydrogen-bond acceptors (Lipinski definition) is 4. The smallest absolute Gasteiger partial charge is 0.151 e. The van der Waals surface area contributed by atoms with Crippen LogP contribution < -0.4 is 4.90 Å². The first-order chi connectivity index (χ1) is 11.2. The Balaban J connectivity index is 1.54. The highest BCUT2D eigenvalue weighted by Crippen LogP contribution is 2.20. The summed E-state index contributed by atoms with van der Waals surface area (Å²) in [7, 11) is 0. The Labute approximate surface area is 147 Å². The maximum atomic E-state index is 6.07. The van der Waals surface area contributed by atoms with Gasteiger partial charge in [0.05, 0.1) is 0 Å². The largest absolute Gasteiger partial charge is 0.354 e. The van der Waals surface area contributed by atoms with Crippen LogP contribution in [-0.4, -0.2) is 47.8 Å². The van der Waals surface area contributed by atoms with Crippen LogP contribution in [0, 0.1) is 0 Å². The molecule has 0 amide bonds. The van der Waals surface area contributed by atoms with E-state index in [-0.39, 0.29) is 0 Å². The third-order valence-electron chi connectivity index (χ3n) is 4.11. The fraction of sp³-hybridized carbons (Fsp3) is 0.412. The highest BCUT2D eigenvalue weighted by Gasteiger charge is 2.16. The van der Waals surface area contributed by atoms with Gasteiger partial charge in [0, 0.05) is 42.4 Å². The summed E-state index contributed by atoms with van der Waals surface area (Å²) in [6, 6.07) is 9.73. The number of hydrogen-bond donors (Lipinski definition) is 0. The molecule has 0 atom stereocenters. The van der Waals surface area contributed by atoms with Crippen molar-refractivity contribution in [1.82, 2.24) is 15.1 Å². The number of benzene rings is 1. The second-order valence-electron chi connectivity index (χ2n) is 5.79. The van der Waals surface area contributed by atoms with Crippen molar-refractivity contribution in [3.63, 3.8) is 0 Å². The zero-order valence-corrected chi connectivity index (χ0v) is 14.5. The minimum Gasteiger partial charge on any atom is -0.354 e. The van der Waals surface area contributed by atoms with Gasteiger partial charge in [-0.1, -0.05) is 23.2 Å². The molecule has 1 aliphatic rings. The van der Waals surface area contributed by atoms with Gasteiger partial charge in [-0.05, 0) is 55.3 Å². The summed E-state index contributed by atoms with van der Waals surface area (Å²) in [5.74, 6) is 0.968. The molecule has 2 aromatic rings. The molecular formula is C17H20Cl2N4. The van der Waals surface area contributed by atoms with Crippen LogP contribution in [0.1, 0.15) is 12.0 Å². The van der Waals surface area contributed by atoms with E-state index in [4.69, 9.17) is 23.2 Å². The highest BCUT2D eigenvalue weighted by atomic mass is 35.5. The molecule has 1 fully saturated rings. The van der Waals surface area contributed by atoms with Crippen LogP contribution in [0.2, 0.25) is 10.0 Å². The van der Waals surface area contributed by atoms with Crippen LogP contribution in [0.3, 0.4) is 0 Å². The Bertz CT molecular complexity index is 615. The van der Waals surface area contributed by atoms with Crippen molar-refractivity contribution in [2.45, 2.75) is 12.8 Å². The first-order valence-corrected chi connectivity index (χ1v) is 8.66. The zero-order chi connectivity index (χ0) is 16.1. The van der Waals surface area contributed by atoms with Gasteiger partial charge < -0.3 is 9.80 Å². The van der Waals surface area contributed by atoms with E-state index in [0.717, 1.165) is 51.4 Å². The Morgan fingerprint density at radius 1 is 1.00 bits per heavy atom. The molecule has 6 heteroatoms. The van der Waals surface area contributed by atoms with E-state index in [1.54, 1.807) is 12.3 Å². The molecule has 0 unspecified atom stereocenters. The molecule has 0 bridgehead atoms. The van der Waals surface area contributed by atoms with Gasteiger partial charge in [0.15, 0.2) is 5.82 Å². The molecule has 122 valence electrons. The van der Waals surface area contributed by atoms with Gasteiger partial charge in [-0.25, -0.2) is 0 Å². The van der Waals surface area contributed by atoms with E-state index < -0.39 is 0 Å². The van der Waals surface area contributed by atoms with Crippen LogP contribution in [0.15, 0.2) is 36.5 Å². The fourth-order valence-electron chi connectivity index (χ4n) is 2.93. The van der Waals surface area contributed by atoms with E-state index in [1.165, 1.54) is 5.56 Å². The van der Waals surface area contributed by atoms with Gasteiger partial charge in [-0.3, -0.25) is 0 Å². The molecule has 3 rings (SSSR count). The predicted molar refractivity (Wildman–Crippen MR) is 95.5 cm³/mol. The van der Waals surface area contributed by atoms with Crippen molar-refractivity contribution < 1.29 is 0 Å². The van der Waals surface area contributed by atoms with Crippen molar-refractivity contribution in [2.24, 2.45) is 0 Å². The summed E-state index contributed by atoms with van der Waals surface area (Å²) in [4.78, 5) is 4.80. The first kappa shape index (κ1) is 16.5. The second kappa shape index (κ2) is 7.95. The summed E-state index contributed by atoms with van der Waals surface area (Å²) in [5.41, 5.74) is 1.19. The lowest BCUT2D eigenvalue weighted by molar-refractivity contribution is 0.297. The molecule has 1 aromatic heterocycles. The van der Waals surface area contributed by atoms with Crippen molar-refractivity contribution in [2.75, 3.05) is 37.6 Å². The molecule has 23 heavy (non-hydrogen) atoms. The van der Waals surface area contributed by atoms with Crippen molar-refractivity contribution in [3.05, 3.63) is 52.1 Å². The van der Waals surface area contributed by atoms with Crippen LogP contribution in [0.4, 0.5) is 5.82 Å². The van der Waals surface area contributed by atoms with Crippen molar-refractivity contribution in [3.8, 4) is 0 Å². The van der Waals surface area contributed by atoms with Gasteiger partial charge in [0.2, 0.25) is 0 Å². The molecule has 0 radical (unpaired) electrons. The Kier molecular flexibility index (Phi) is 5.70. The van der Waals surface area contributed by atoms with Crippen LogP contribution in [0.5, 0.6) is 0 Å². The summed E-state index contributed by atoms with van der Waals surface area (Å²) >= 11 is 12.1. The molecular weight excluding hydrogens is 331 g/mol. The van der Waals surface area contributed by atoms with Crippen molar-refractivity contribution in [1.29, 1.82) is 0 Å². The second-order valence-corrected chi connectivity index (χ2v) is 6.66. The van der Waals surface area contributed by atoms with E-state index in [9.17, 15) is 0 Å². The summed E-state index contributed by atoms with van der Waals surface area (Å²) in [6.07, 6.45) is 3.81. The lowest BCUT2D eigenvalue weighted by Crippen LogP contribution is -2.32. The molecule has 1 saturated heterocycles. The number of halogens is 2. The SMILES string of the molecule is Clc1cc(Cl)cc(CCN2CCCN(c3cccnn3)CC2)c1. The van der Waals surface area contributed by atoms with Crippen molar-refractivity contribution >= 4 is 29.0 Å². The Morgan fingerprint density at radius 2 is 1.83 bits per heavy atom.